The number of hydrogen-bond acceptors (Lipinski definition) is 4. The van der Waals surface area contributed by atoms with E-state index in [4.69, 9.17) is 5.11 Å². The average Bonchev–Trinajstić information content (AvgIpc) is 2.82. The fourth-order valence-electron chi connectivity index (χ4n) is 3.54. The van der Waals surface area contributed by atoms with Crippen LogP contribution in [0, 0.1) is 11.8 Å². The van der Waals surface area contributed by atoms with E-state index in [1.807, 2.05) is 6.08 Å². The first-order valence-corrected chi connectivity index (χ1v) is 9.74. The number of hydrogen-bond donors (Lipinski definition) is 3. The Morgan fingerprint density at radius 1 is 1.20 bits per heavy atom. The van der Waals surface area contributed by atoms with E-state index in [2.05, 4.69) is 6.92 Å². The lowest BCUT2D eigenvalue weighted by molar-refractivity contribution is -0.137. The Morgan fingerprint density at radius 3 is 2.60 bits per heavy atom. The van der Waals surface area contributed by atoms with Crippen molar-refractivity contribution < 1.29 is 24.9 Å². The largest absolute Gasteiger partial charge is 0.481 e. The third-order valence-electron chi connectivity index (χ3n) is 5.05. The zero-order valence-electron chi connectivity index (χ0n) is 15.4. The maximum Gasteiger partial charge on any atom is 0.303 e. The molecule has 3 N–H and O–H groups in total. The molecule has 0 heterocycles. The van der Waals surface area contributed by atoms with Gasteiger partial charge in [-0.15, -0.1) is 0 Å². The number of Topliss-reactive ketones (excluding diaryl/α,β-unsaturated/α-hetero) is 1. The third kappa shape index (κ3) is 8.63. The molecule has 1 rings (SSSR count). The summed E-state index contributed by atoms with van der Waals surface area (Å²) in [6.07, 6.45) is 10.7. The first kappa shape index (κ1) is 21.8. The lowest BCUT2D eigenvalue weighted by Crippen LogP contribution is -2.19. The van der Waals surface area contributed by atoms with Crippen LogP contribution >= 0.6 is 0 Å². The number of carbonyl (C=O) groups is 2. The summed E-state index contributed by atoms with van der Waals surface area (Å²) in [7, 11) is 0. The number of carboxylic acid groups (broad SMARTS) is 1. The van der Waals surface area contributed by atoms with Crippen LogP contribution in [-0.2, 0) is 9.59 Å². The number of aliphatic hydroxyl groups is 2. The molecule has 0 bridgehead atoms. The number of rotatable bonds is 13. The molecule has 1 aliphatic rings. The lowest BCUT2D eigenvalue weighted by Gasteiger charge is -2.18. The van der Waals surface area contributed by atoms with Crippen LogP contribution in [0.4, 0.5) is 0 Å². The van der Waals surface area contributed by atoms with Crippen LogP contribution in [0.2, 0.25) is 0 Å². The van der Waals surface area contributed by atoms with Gasteiger partial charge in [0.05, 0.1) is 12.2 Å². The van der Waals surface area contributed by atoms with Crippen molar-refractivity contribution in [2.45, 2.75) is 89.8 Å². The van der Waals surface area contributed by atoms with Gasteiger partial charge in [-0.25, -0.2) is 0 Å². The fourth-order valence-corrected chi connectivity index (χ4v) is 3.54. The number of carbonyl (C=O) groups excluding carboxylic acids is 1. The highest BCUT2D eigenvalue weighted by atomic mass is 16.4. The quantitative estimate of drug-likeness (QED) is 0.348. The molecule has 0 aromatic carbocycles. The van der Waals surface area contributed by atoms with Gasteiger partial charge in [-0.1, -0.05) is 57.6 Å². The molecule has 0 aliphatic heterocycles. The second kappa shape index (κ2) is 12.2. The Balaban J connectivity index is 2.39. The molecule has 0 aromatic heterocycles. The van der Waals surface area contributed by atoms with Crippen LogP contribution < -0.4 is 0 Å². The van der Waals surface area contributed by atoms with Crippen LogP contribution in [0.1, 0.15) is 77.6 Å². The normalized spacial score (nSPS) is 24.9. The van der Waals surface area contributed by atoms with E-state index in [1.165, 1.54) is 0 Å². The Kier molecular flexibility index (Phi) is 10.7. The van der Waals surface area contributed by atoms with Crippen molar-refractivity contribution in [2.75, 3.05) is 0 Å². The Hall–Kier alpha value is -1.20. The summed E-state index contributed by atoms with van der Waals surface area (Å²) in [5, 5.41) is 28.7. The zero-order valence-corrected chi connectivity index (χ0v) is 15.4. The van der Waals surface area contributed by atoms with Crippen molar-refractivity contribution in [3.63, 3.8) is 0 Å². The van der Waals surface area contributed by atoms with Gasteiger partial charge in [0, 0.05) is 24.7 Å². The maximum absolute atomic E-state index is 12.1. The highest BCUT2D eigenvalue weighted by Gasteiger charge is 2.39. The van der Waals surface area contributed by atoms with Crippen LogP contribution in [0.3, 0.4) is 0 Å². The molecule has 0 radical (unpaired) electrons. The molecule has 0 saturated heterocycles. The molecular weight excluding hydrogens is 320 g/mol. The Morgan fingerprint density at radius 2 is 1.92 bits per heavy atom. The molecule has 1 saturated carbocycles. The monoisotopic (exact) mass is 354 g/mol. The molecule has 1 aliphatic carbocycles. The fraction of sp³-hybridized carbons (Fsp3) is 0.800. The van der Waals surface area contributed by atoms with Crippen molar-refractivity contribution in [1.82, 2.24) is 0 Å². The van der Waals surface area contributed by atoms with Gasteiger partial charge in [-0.3, -0.25) is 9.59 Å². The number of aliphatic carboxylic acids is 1. The van der Waals surface area contributed by atoms with Crippen molar-refractivity contribution in [1.29, 1.82) is 0 Å². The summed E-state index contributed by atoms with van der Waals surface area (Å²) in [4.78, 5) is 22.6. The molecule has 5 heteroatoms. The van der Waals surface area contributed by atoms with E-state index in [9.17, 15) is 19.8 Å². The van der Waals surface area contributed by atoms with E-state index in [0.717, 1.165) is 51.4 Å². The van der Waals surface area contributed by atoms with Crippen LogP contribution in [0.5, 0.6) is 0 Å². The average molecular weight is 354 g/mol. The Bertz CT molecular complexity index is 432. The SMILES string of the molecule is CCCCCC(O)/C=C/[C@H]1[C@@H](O)CC(=O)[C@@H]1CCCCCCC(=O)O. The van der Waals surface area contributed by atoms with Crippen molar-refractivity contribution in [3.05, 3.63) is 12.2 Å². The van der Waals surface area contributed by atoms with Gasteiger partial charge in [0.1, 0.15) is 5.78 Å². The van der Waals surface area contributed by atoms with Crippen molar-refractivity contribution in [2.24, 2.45) is 11.8 Å². The van der Waals surface area contributed by atoms with Gasteiger partial charge in [0.2, 0.25) is 0 Å². The van der Waals surface area contributed by atoms with Crippen LogP contribution in [-0.4, -0.2) is 39.3 Å². The molecule has 1 unspecified atom stereocenters. The summed E-state index contributed by atoms with van der Waals surface area (Å²) in [6.45, 7) is 2.12. The van der Waals surface area contributed by atoms with Gasteiger partial charge >= 0.3 is 5.97 Å². The smallest absolute Gasteiger partial charge is 0.303 e. The summed E-state index contributed by atoms with van der Waals surface area (Å²) < 4.78 is 0. The standard InChI is InChI=1S/C20H34O5/c1-2-3-6-9-15(21)12-13-17-16(18(22)14-19(17)23)10-7-4-5-8-11-20(24)25/h12-13,15-17,19,21,23H,2-11,14H2,1H3,(H,24,25)/b13-12+/t15?,16-,17-,19+/m1/s1. The highest BCUT2D eigenvalue weighted by Crippen LogP contribution is 2.34. The summed E-state index contributed by atoms with van der Waals surface area (Å²) in [5.41, 5.74) is 0. The number of unbranched alkanes of at least 4 members (excludes halogenated alkanes) is 5. The molecule has 0 amide bonds. The number of carboxylic acids is 1. The van der Waals surface area contributed by atoms with Gasteiger partial charge in [-0.2, -0.15) is 0 Å². The second-order valence-corrected chi connectivity index (χ2v) is 7.22. The minimum Gasteiger partial charge on any atom is -0.481 e. The molecule has 25 heavy (non-hydrogen) atoms. The molecule has 1 fully saturated rings. The topological polar surface area (TPSA) is 94.8 Å². The predicted octanol–water partition coefficient (Wildman–Crippen LogP) is 3.48. The van der Waals surface area contributed by atoms with E-state index in [-0.39, 0.29) is 30.5 Å². The summed E-state index contributed by atoms with van der Waals surface area (Å²) in [5.74, 6) is -1.04. The van der Waals surface area contributed by atoms with E-state index in [1.54, 1.807) is 6.08 Å². The number of ketones is 1. The summed E-state index contributed by atoms with van der Waals surface area (Å²) in [6, 6.07) is 0. The molecule has 144 valence electrons. The number of aliphatic hydroxyl groups excluding tert-OH is 2. The lowest BCUT2D eigenvalue weighted by atomic mass is 9.88. The zero-order chi connectivity index (χ0) is 18.7. The van der Waals surface area contributed by atoms with Crippen LogP contribution in [0.15, 0.2) is 12.2 Å². The molecule has 5 nitrogen and oxygen atoms in total. The molecular formula is C20H34O5. The van der Waals surface area contributed by atoms with Gasteiger partial charge in [-0.05, 0) is 19.3 Å². The maximum atomic E-state index is 12.1. The Labute approximate surface area is 151 Å². The first-order chi connectivity index (χ1) is 12.0. The molecule has 0 aromatic rings. The second-order valence-electron chi connectivity index (χ2n) is 7.22. The summed E-state index contributed by atoms with van der Waals surface area (Å²) >= 11 is 0. The molecule has 4 atom stereocenters. The third-order valence-corrected chi connectivity index (χ3v) is 5.05. The van der Waals surface area contributed by atoms with Crippen molar-refractivity contribution >= 4 is 11.8 Å². The van der Waals surface area contributed by atoms with E-state index < -0.39 is 18.2 Å². The van der Waals surface area contributed by atoms with Gasteiger partial charge in [0.25, 0.3) is 0 Å². The van der Waals surface area contributed by atoms with E-state index >= 15 is 0 Å². The van der Waals surface area contributed by atoms with Crippen molar-refractivity contribution in [3.8, 4) is 0 Å². The minimum absolute atomic E-state index is 0.105. The molecule has 0 spiro atoms. The van der Waals surface area contributed by atoms with E-state index in [0.29, 0.717) is 6.42 Å². The highest BCUT2D eigenvalue weighted by molar-refractivity contribution is 5.84. The van der Waals surface area contributed by atoms with Crippen LogP contribution in [0.25, 0.3) is 0 Å². The minimum atomic E-state index is -0.767. The van der Waals surface area contributed by atoms with Gasteiger partial charge < -0.3 is 15.3 Å². The van der Waals surface area contributed by atoms with Gasteiger partial charge in [0.15, 0.2) is 0 Å². The first-order valence-electron chi connectivity index (χ1n) is 9.74. The predicted molar refractivity (Wildman–Crippen MR) is 97.2 cm³/mol.